The molecule has 0 aliphatic rings. The molecule has 0 heterocycles. The smallest absolute Gasteiger partial charge is 0.220 e. The van der Waals surface area contributed by atoms with Crippen LogP contribution in [0.2, 0.25) is 0 Å². The van der Waals surface area contributed by atoms with E-state index in [4.69, 9.17) is 0 Å². The van der Waals surface area contributed by atoms with Crippen molar-refractivity contribution < 1.29 is 15.0 Å². The predicted molar refractivity (Wildman–Crippen MR) is 234 cm³/mol. The molecule has 0 aromatic rings. The number of aliphatic hydroxyl groups excluding tert-OH is 2. The molecular weight excluding hydrogens is 651 g/mol. The second-order valence-electron chi connectivity index (χ2n) is 15.5. The number of nitrogens with one attached hydrogen (secondary N) is 1. The number of aliphatic hydroxyl groups is 2. The fraction of sp³-hybridized carbons (Fsp3) is 0.776. The van der Waals surface area contributed by atoms with Gasteiger partial charge in [0.25, 0.3) is 0 Å². The highest BCUT2D eigenvalue weighted by Crippen LogP contribution is 2.15. The van der Waals surface area contributed by atoms with E-state index in [1.54, 1.807) is 6.08 Å². The van der Waals surface area contributed by atoms with Crippen LogP contribution in [0.15, 0.2) is 60.8 Å². The fourth-order valence-electron chi connectivity index (χ4n) is 6.66. The van der Waals surface area contributed by atoms with Gasteiger partial charge in [0.1, 0.15) is 0 Å². The summed E-state index contributed by atoms with van der Waals surface area (Å²) in [7, 11) is 0. The molecule has 2 atom stereocenters. The Hall–Kier alpha value is -1.91. The number of rotatable bonds is 41. The van der Waals surface area contributed by atoms with Gasteiger partial charge in [-0.05, 0) is 64.2 Å². The molecule has 0 aliphatic carbocycles. The zero-order chi connectivity index (χ0) is 38.6. The molecule has 308 valence electrons. The topological polar surface area (TPSA) is 69.6 Å². The zero-order valence-electron chi connectivity index (χ0n) is 35.3. The minimum Gasteiger partial charge on any atom is -0.394 e. The van der Waals surface area contributed by atoms with Crippen LogP contribution in [0.3, 0.4) is 0 Å². The molecule has 0 aromatic carbocycles. The summed E-state index contributed by atoms with van der Waals surface area (Å²) < 4.78 is 0. The average molecular weight is 740 g/mol. The first kappa shape index (κ1) is 51.1. The molecule has 0 saturated carbocycles. The number of amides is 1. The van der Waals surface area contributed by atoms with E-state index in [9.17, 15) is 15.0 Å². The first-order chi connectivity index (χ1) is 26.2. The van der Waals surface area contributed by atoms with Gasteiger partial charge in [-0.15, -0.1) is 0 Å². The van der Waals surface area contributed by atoms with Gasteiger partial charge in [0, 0.05) is 6.42 Å². The number of hydrogen-bond acceptors (Lipinski definition) is 3. The van der Waals surface area contributed by atoms with Crippen molar-refractivity contribution in [3.05, 3.63) is 60.8 Å². The lowest BCUT2D eigenvalue weighted by Gasteiger charge is -2.19. The SMILES string of the molecule is CCCC/C=C/CC/C=C/C(O)C(CO)NC(=O)CCCCCCCCCCCCCCCCCCCC/C=C\C/C=C\C/C=C\CCCCCCC. The Morgan fingerprint density at radius 2 is 0.811 bits per heavy atom. The largest absolute Gasteiger partial charge is 0.394 e. The molecule has 1 amide bonds. The lowest BCUT2D eigenvalue weighted by molar-refractivity contribution is -0.123. The zero-order valence-corrected chi connectivity index (χ0v) is 35.3. The quantitative estimate of drug-likeness (QED) is 0.0432. The maximum atomic E-state index is 12.3. The van der Waals surface area contributed by atoms with Crippen LogP contribution in [0, 0.1) is 0 Å². The molecular formula is C49H89NO3. The van der Waals surface area contributed by atoms with Crippen molar-refractivity contribution in [2.45, 2.75) is 238 Å². The molecule has 0 bridgehead atoms. The lowest BCUT2D eigenvalue weighted by atomic mass is 10.0. The third-order valence-electron chi connectivity index (χ3n) is 10.2. The molecule has 0 aromatic heterocycles. The van der Waals surface area contributed by atoms with Crippen LogP contribution in [0.4, 0.5) is 0 Å². The first-order valence-corrected chi connectivity index (χ1v) is 23.0. The van der Waals surface area contributed by atoms with Crippen molar-refractivity contribution in [3.8, 4) is 0 Å². The predicted octanol–water partition coefficient (Wildman–Crippen LogP) is 14.5. The minimum absolute atomic E-state index is 0.0778. The van der Waals surface area contributed by atoms with Crippen molar-refractivity contribution in [1.82, 2.24) is 5.32 Å². The normalized spacial score (nSPS) is 13.5. The Morgan fingerprint density at radius 3 is 1.28 bits per heavy atom. The number of unbranched alkanes of at least 4 members (excludes halogenated alkanes) is 26. The minimum atomic E-state index is -0.859. The Morgan fingerprint density at radius 1 is 0.453 bits per heavy atom. The molecule has 4 nitrogen and oxygen atoms in total. The summed E-state index contributed by atoms with van der Waals surface area (Å²) in [5.41, 5.74) is 0. The summed E-state index contributed by atoms with van der Waals surface area (Å²) >= 11 is 0. The van der Waals surface area contributed by atoms with Crippen molar-refractivity contribution in [2.24, 2.45) is 0 Å². The van der Waals surface area contributed by atoms with Gasteiger partial charge in [-0.1, -0.05) is 216 Å². The molecule has 0 aliphatic heterocycles. The van der Waals surface area contributed by atoms with Gasteiger partial charge < -0.3 is 15.5 Å². The number of carbonyl (C=O) groups is 1. The summed E-state index contributed by atoms with van der Waals surface area (Å²) in [5, 5.41) is 22.8. The summed E-state index contributed by atoms with van der Waals surface area (Å²) in [4.78, 5) is 12.3. The van der Waals surface area contributed by atoms with Crippen molar-refractivity contribution in [2.75, 3.05) is 6.61 Å². The van der Waals surface area contributed by atoms with E-state index in [1.807, 2.05) is 6.08 Å². The van der Waals surface area contributed by atoms with E-state index in [-0.39, 0.29) is 12.5 Å². The van der Waals surface area contributed by atoms with Gasteiger partial charge >= 0.3 is 0 Å². The summed E-state index contributed by atoms with van der Waals surface area (Å²) in [6.07, 6.45) is 62.2. The highest BCUT2D eigenvalue weighted by molar-refractivity contribution is 5.76. The second kappa shape index (κ2) is 44.5. The Labute approximate surface area is 330 Å². The summed E-state index contributed by atoms with van der Waals surface area (Å²) in [6.45, 7) is 4.21. The summed E-state index contributed by atoms with van der Waals surface area (Å²) in [6, 6.07) is -0.636. The highest BCUT2D eigenvalue weighted by Gasteiger charge is 2.17. The maximum Gasteiger partial charge on any atom is 0.220 e. The molecule has 0 radical (unpaired) electrons. The Kier molecular flexibility index (Phi) is 42.9. The Balaban J connectivity index is 3.44. The third kappa shape index (κ3) is 41.1. The van der Waals surface area contributed by atoms with Crippen LogP contribution >= 0.6 is 0 Å². The molecule has 53 heavy (non-hydrogen) atoms. The molecule has 0 spiro atoms. The number of carbonyl (C=O) groups excluding carboxylic acids is 1. The van der Waals surface area contributed by atoms with Crippen molar-refractivity contribution in [1.29, 1.82) is 0 Å². The molecule has 0 rings (SSSR count). The van der Waals surface area contributed by atoms with Crippen LogP contribution in [-0.4, -0.2) is 34.9 Å². The van der Waals surface area contributed by atoms with Gasteiger partial charge in [-0.2, -0.15) is 0 Å². The van der Waals surface area contributed by atoms with Crippen LogP contribution in [0.5, 0.6) is 0 Å². The van der Waals surface area contributed by atoms with Gasteiger partial charge in [-0.25, -0.2) is 0 Å². The first-order valence-electron chi connectivity index (χ1n) is 23.0. The van der Waals surface area contributed by atoms with Crippen LogP contribution in [0.25, 0.3) is 0 Å². The van der Waals surface area contributed by atoms with Gasteiger partial charge in [0.15, 0.2) is 0 Å². The van der Waals surface area contributed by atoms with Crippen LogP contribution in [0.1, 0.15) is 226 Å². The fourth-order valence-corrected chi connectivity index (χ4v) is 6.66. The number of allylic oxidation sites excluding steroid dienone is 9. The lowest BCUT2D eigenvalue weighted by Crippen LogP contribution is -2.45. The average Bonchev–Trinajstić information content (AvgIpc) is 3.16. The monoisotopic (exact) mass is 740 g/mol. The van der Waals surface area contributed by atoms with Gasteiger partial charge in [0.05, 0.1) is 18.8 Å². The molecule has 0 fully saturated rings. The second-order valence-corrected chi connectivity index (χ2v) is 15.5. The van der Waals surface area contributed by atoms with Gasteiger partial charge in [-0.3, -0.25) is 4.79 Å². The Bertz CT molecular complexity index is 888. The molecule has 2 unspecified atom stereocenters. The van der Waals surface area contributed by atoms with E-state index in [0.717, 1.165) is 44.9 Å². The van der Waals surface area contributed by atoms with Crippen LogP contribution in [-0.2, 0) is 4.79 Å². The van der Waals surface area contributed by atoms with E-state index in [2.05, 4.69) is 67.8 Å². The van der Waals surface area contributed by atoms with E-state index >= 15 is 0 Å². The molecule has 4 heteroatoms. The van der Waals surface area contributed by atoms with E-state index in [1.165, 1.54) is 161 Å². The van der Waals surface area contributed by atoms with Crippen molar-refractivity contribution >= 4 is 5.91 Å². The van der Waals surface area contributed by atoms with Crippen molar-refractivity contribution in [3.63, 3.8) is 0 Å². The molecule has 3 N–H and O–H groups in total. The van der Waals surface area contributed by atoms with E-state index < -0.39 is 12.1 Å². The summed E-state index contributed by atoms with van der Waals surface area (Å²) in [5.74, 6) is -0.0778. The highest BCUT2D eigenvalue weighted by atomic mass is 16.3. The molecule has 0 saturated heterocycles. The van der Waals surface area contributed by atoms with Crippen LogP contribution < -0.4 is 5.32 Å². The van der Waals surface area contributed by atoms with Gasteiger partial charge in [0.2, 0.25) is 5.91 Å². The third-order valence-corrected chi connectivity index (χ3v) is 10.2. The number of hydrogen-bond donors (Lipinski definition) is 3. The van der Waals surface area contributed by atoms with E-state index in [0.29, 0.717) is 6.42 Å². The standard InChI is InChI=1S/C49H89NO3/c1-3-5-7-9-11-13-14-15-16-17-18-19-20-21-22-23-24-25-26-27-28-29-30-31-32-33-34-35-36-37-39-41-43-45-49(53)50-47(46-51)48(52)44-42-40-38-12-10-8-6-4-2/h10,12,14-15,17-18,20-21,42,44,47-48,51-52H,3-9,11,13,16,19,22-41,43,45-46H2,1-2H3,(H,50,53)/b12-10+,15-14-,18-17-,21-20-,44-42+. The maximum absolute atomic E-state index is 12.3.